The van der Waals surface area contributed by atoms with E-state index in [1.165, 1.54) is 13.0 Å². The summed E-state index contributed by atoms with van der Waals surface area (Å²) in [6, 6.07) is 10.2. The second-order valence-electron chi connectivity index (χ2n) is 4.44. The summed E-state index contributed by atoms with van der Waals surface area (Å²) in [5.41, 5.74) is 1.42. The molecule has 0 aliphatic carbocycles. The molecule has 23 heavy (non-hydrogen) atoms. The zero-order chi connectivity index (χ0) is 16.9. The average Bonchev–Trinajstić information content (AvgIpc) is 2.92. The van der Waals surface area contributed by atoms with Crippen molar-refractivity contribution in [1.82, 2.24) is 4.72 Å². The molecule has 1 aromatic heterocycles. The van der Waals surface area contributed by atoms with E-state index < -0.39 is 10.0 Å². The van der Waals surface area contributed by atoms with Gasteiger partial charge in [0.1, 0.15) is 4.21 Å². The minimum atomic E-state index is -3.53. The lowest BCUT2D eigenvalue weighted by Crippen LogP contribution is -2.23. The molecule has 0 saturated heterocycles. The lowest BCUT2D eigenvalue weighted by molar-refractivity contribution is -0.114. The van der Waals surface area contributed by atoms with Crippen LogP contribution in [0.3, 0.4) is 0 Å². The Hall–Kier alpha value is -1.66. The highest BCUT2D eigenvalue weighted by atomic mass is 79.9. The molecule has 2 aromatic rings. The fourth-order valence-corrected chi connectivity index (χ4v) is 4.61. The summed E-state index contributed by atoms with van der Waals surface area (Å²) in [5.74, 6) is 5.48. The number of benzene rings is 1. The maximum Gasteiger partial charge on any atom is 0.250 e. The number of carbonyl (C=O) groups is 1. The third-order valence-corrected chi connectivity index (χ3v) is 6.12. The van der Waals surface area contributed by atoms with E-state index in [1.807, 2.05) is 0 Å². The van der Waals surface area contributed by atoms with Crippen LogP contribution >= 0.6 is 27.3 Å². The summed E-state index contributed by atoms with van der Waals surface area (Å²) in [6.45, 7) is 1.46. The summed E-state index contributed by atoms with van der Waals surface area (Å²) in [7, 11) is -3.53. The third-order valence-electron chi connectivity index (χ3n) is 2.60. The van der Waals surface area contributed by atoms with Gasteiger partial charge in [-0.05, 0) is 52.3 Å². The van der Waals surface area contributed by atoms with Gasteiger partial charge in [0, 0.05) is 18.2 Å². The number of halogens is 1. The molecule has 0 fully saturated rings. The second-order valence-corrected chi connectivity index (χ2v) is 8.90. The molecule has 0 unspecified atom stereocenters. The molecule has 1 heterocycles. The summed E-state index contributed by atoms with van der Waals surface area (Å²) in [5, 5.41) is 2.66. The van der Waals surface area contributed by atoms with Gasteiger partial charge >= 0.3 is 0 Å². The van der Waals surface area contributed by atoms with Crippen LogP contribution in [0.15, 0.2) is 44.4 Å². The van der Waals surface area contributed by atoms with Crippen molar-refractivity contribution in [2.45, 2.75) is 11.1 Å². The first kappa shape index (κ1) is 17.7. The Balaban J connectivity index is 1.94. The van der Waals surface area contributed by atoms with E-state index in [0.717, 1.165) is 20.7 Å². The Labute approximate surface area is 147 Å². The van der Waals surface area contributed by atoms with Crippen LogP contribution in [0.4, 0.5) is 5.69 Å². The first-order valence-electron chi connectivity index (χ1n) is 6.48. The van der Waals surface area contributed by atoms with Gasteiger partial charge in [-0.3, -0.25) is 4.79 Å². The van der Waals surface area contributed by atoms with Crippen molar-refractivity contribution in [3.05, 3.63) is 45.7 Å². The molecule has 8 heteroatoms. The Kier molecular flexibility index (Phi) is 5.96. The molecule has 0 spiro atoms. The average molecular weight is 413 g/mol. The van der Waals surface area contributed by atoms with Gasteiger partial charge in [0.2, 0.25) is 5.91 Å². The Bertz CT molecular complexity index is 862. The van der Waals surface area contributed by atoms with Crippen LogP contribution in [0.25, 0.3) is 0 Å². The van der Waals surface area contributed by atoms with Crippen LogP contribution in [-0.2, 0) is 14.8 Å². The molecule has 2 rings (SSSR count). The topological polar surface area (TPSA) is 75.3 Å². The molecule has 1 aromatic carbocycles. The van der Waals surface area contributed by atoms with Crippen molar-refractivity contribution in [2.24, 2.45) is 0 Å². The van der Waals surface area contributed by atoms with Crippen molar-refractivity contribution < 1.29 is 13.2 Å². The fraction of sp³-hybridized carbons (Fsp3) is 0.133. The Morgan fingerprint density at radius 2 is 1.91 bits per heavy atom. The molecule has 0 aliphatic rings. The molecule has 0 atom stereocenters. The normalized spacial score (nSPS) is 10.7. The van der Waals surface area contributed by atoms with Crippen LogP contribution in [0.2, 0.25) is 0 Å². The highest BCUT2D eigenvalue weighted by Gasteiger charge is 2.14. The quantitative estimate of drug-likeness (QED) is 0.757. The van der Waals surface area contributed by atoms with E-state index in [9.17, 15) is 13.2 Å². The zero-order valence-corrected chi connectivity index (χ0v) is 15.3. The predicted octanol–water partition coefficient (Wildman–Crippen LogP) is 2.80. The van der Waals surface area contributed by atoms with Crippen molar-refractivity contribution in [3.8, 4) is 11.8 Å². The van der Waals surface area contributed by atoms with E-state index in [4.69, 9.17) is 0 Å². The van der Waals surface area contributed by atoms with Gasteiger partial charge in [0.05, 0.1) is 10.3 Å². The van der Waals surface area contributed by atoms with Gasteiger partial charge < -0.3 is 5.32 Å². The maximum atomic E-state index is 12.0. The molecule has 0 radical (unpaired) electrons. The van der Waals surface area contributed by atoms with E-state index in [0.29, 0.717) is 5.69 Å². The number of hydrogen-bond acceptors (Lipinski definition) is 4. The maximum absolute atomic E-state index is 12.0. The molecule has 2 N–H and O–H groups in total. The molecule has 5 nitrogen and oxygen atoms in total. The Morgan fingerprint density at radius 1 is 1.22 bits per heavy atom. The van der Waals surface area contributed by atoms with Gasteiger partial charge in [-0.25, -0.2) is 8.42 Å². The summed E-state index contributed by atoms with van der Waals surface area (Å²) in [4.78, 5) is 10.9. The van der Waals surface area contributed by atoms with Gasteiger partial charge in [0.25, 0.3) is 10.0 Å². The summed E-state index contributed by atoms with van der Waals surface area (Å²) in [6.07, 6.45) is 0. The van der Waals surface area contributed by atoms with E-state index in [2.05, 4.69) is 37.8 Å². The van der Waals surface area contributed by atoms with Crippen LogP contribution < -0.4 is 10.0 Å². The third kappa shape index (κ3) is 5.48. The van der Waals surface area contributed by atoms with Gasteiger partial charge in [-0.1, -0.05) is 11.8 Å². The predicted molar refractivity (Wildman–Crippen MR) is 94.8 cm³/mol. The zero-order valence-electron chi connectivity index (χ0n) is 12.1. The SMILES string of the molecule is CC(=O)Nc1ccc(C#CCNS(=O)(=O)c2ccc(Br)s2)cc1. The standard InChI is InChI=1S/C15H13BrN2O3S2/c1-11(19)18-13-6-4-12(5-7-13)3-2-10-17-23(20,21)15-9-8-14(16)22-15/h4-9,17H,10H2,1H3,(H,18,19). The van der Waals surface area contributed by atoms with Crippen molar-refractivity contribution >= 4 is 48.9 Å². The van der Waals surface area contributed by atoms with Crippen LogP contribution in [0, 0.1) is 11.8 Å². The van der Waals surface area contributed by atoms with Crippen molar-refractivity contribution in [3.63, 3.8) is 0 Å². The molecule has 0 saturated carbocycles. The molecular formula is C15H13BrN2O3S2. The van der Waals surface area contributed by atoms with Gasteiger partial charge in [0.15, 0.2) is 0 Å². The van der Waals surface area contributed by atoms with E-state index >= 15 is 0 Å². The molecule has 0 aliphatic heterocycles. The number of amides is 1. The van der Waals surface area contributed by atoms with E-state index in [1.54, 1.807) is 30.3 Å². The molecule has 0 bridgehead atoms. The number of nitrogens with one attached hydrogen (secondary N) is 2. The van der Waals surface area contributed by atoms with Crippen molar-refractivity contribution in [2.75, 3.05) is 11.9 Å². The first-order chi connectivity index (χ1) is 10.9. The highest BCUT2D eigenvalue weighted by molar-refractivity contribution is 9.11. The lowest BCUT2D eigenvalue weighted by Gasteiger charge is -2.01. The fourth-order valence-electron chi connectivity index (χ4n) is 1.63. The van der Waals surface area contributed by atoms with Crippen LogP contribution in [0.1, 0.15) is 12.5 Å². The van der Waals surface area contributed by atoms with E-state index in [-0.39, 0.29) is 16.7 Å². The minimum Gasteiger partial charge on any atom is -0.326 e. The number of anilines is 1. The smallest absolute Gasteiger partial charge is 0.250 e. The molecule has 1 amide bonds. The lowest BCUT2D eigenvalue weighted by atomic mass is 10.2. The van der Waals surface area contributed by atoms with Crippen molar-refractivity contribution in [1.29, 1.82) is 0 Å². The second kappa shape index (κ2) is 7.75. The molecule has 120 valence electrons. The summed E-state index contributed by atoms with van der Waals surface area (Å²) < 4.78 is 27.4. The minimum absolute atomic E-state index is 0.0191. The van der Waals surface area contributed by atoms with Crippen LogP contribution in [0.5, 0.6) is 0 Å². The van der Waals surface area contributed by atoms with Gasteiger partial charge in [-0.15, -0.1) is 11.3 Å². The Morgan fingerprint density at radius 3 is 2.48 bits per heavy atom. The number of thiophene rings is 1. The highest BCUT2D eigenvalue weighted by Crippen LogP contribution is 2.25. The number of rotatable bonds is 4. The number of sulfonamides is 1. The number of hydrogen-bond donors (Lipinski definition) is 2. The summed E-state index contributed by atoms with van der Waals surface area (Å²) >= 11 is 4.37. The largest absolute Gasteiger partial charge is 0.326 e. The first-order valence-corrected chi connectivity index (χ1v) is 9.57. The van der Waals surface area contributed by atoms with Gasteiger partial charge in [-0.2, -0.15) is 4.72 Å². The monoisotopic (exact) mass is 412 g/mol. The molecular weight excluding hydrogens is 400 g/mol. The van der Waals surface area contributed by atoms with Crippen LogP contribution in [-0.4, -0.2) is 20.9 Å². The number of carbonyl (C=O) groups excluding carboxylic acids is 1.